The number of amides is 2. The molecule has 2 amide bonds. The summed E-state index contributed by atoms with van der Waals surface area (Å²) in [5, 5.41) is 22.3. The zero-order valence-corrected chi connectivity index (χ0v) is 10.4. The molecule has 0 aliphatic rings. The summed E-state index contributed by atoms with van der Waals surface area (Å²) in [6.07, 6.45) is -0.00795. The predicted molar refractivity (Wildman–Crippen MR) is 62.8 cm³/mol. The third-order valence-electron chi connectivity index (χ3n) is 2.46. The summed E-state index contributed by atoms with van der Waals surface area (Å²) in [5.41, 5.74) is 0. The van der Waals surface area contributed by atoms with E-state index in [1.54, 1.807) is 0 Å². The van der Waals surface area contributed by atoms with Gasteiger partial charge in [-0.15, -0.1) is 0 Å². The van der Waals surface area contributed by atoms with Gasteiger partial charge in [-0.25, -0.2) is 9.59 Å². The Bertz CT molecular complexity index is 258. The van der Waals surface area contributed by atoms with E-state index >= 15 is 0 Å². The van der Waals surface area contributed by atoms with Crippen molar-refractivity contribution < 1.29 is 19.8 Å². The van der Waals surface area contributed by atoms with Gasteiger partial charge in [-0.3, -0.25) is 0 Å². The second kappa shape index (κ2) is 7.86. The first-order chi connectivity index (χ1) is 7.88. The quantitative estimate of drug-likeness (QED) is 0.465. The molecule has 1 unspecified atom stereocenters. The lowest BCUT2D eigenvalue weighted by molar-refractivity contribution is -0.139. The van der Waals surface area contributed by atoms with Gasteiger partial charge < -0.3 is 25.7 Å². The molecule has 17 heavy (non-hydrogen) atoms. The molecule has 0 saturated heterocycles. The smallest absolute Gasteiger partial charge is 0.326 e. The molecule has 0 spiro atoms. The van der Waals surface area contributed by atoms with Crippen molar-refractivity contribution >= 4 is 12.0 Å². The van der Waals surface area contributed by atoms with Crippen LogP contribution < -0.4 is 10.6 Å². The van der Waals surface area contributed by atoms with E-state index in [4.69, 9.17) is 10.2 Å². The monoisotopic (exact) mass is 247 g/mol. The van der Waals surface area contributed by atoms with E-state index in [0.29, 0.717) is 6.54 Å². The van der Waals surface area contributed by atoms with Gasteiger partial charge in [0.1, 0.15) is 6.04 Å². The first kappa shape index (κ1) is 15.7. The second-order valence-electron chi connectivity index (χ2n) is 4.07. The molecule has 0 rings (SSSR count). The Morgan fingerprint density at radius 2 is 1.94 bits per heavy atom. The lowest BCUT2D eigenvalue weighted by Gasteiger charge is -2.21. The van der Waals surface area contributed by atoms with Gasteiger partial charge in [-0.05, 0) is 21.0 Å². The molecule has 0 bridgehead atoms. The average Bonchev–Trinajstić information content (AvgIpc) is 2.24. The van der Waals surface area contributed by atoms with Crippen LogP contribution in [0.25, 0.3) is 0 Å². The molecule has 0 saturated carbocycles. The fourth-order valence-electron chi connectivity index (χ4n) is 1.02. The predicted octanol–water partition coefficient (Wildman–Crippen LogP) is -0.929. The van der Waals surface area contributed by atoms with Crippen LogP contribution in [-0.4, -0.2) is 66.4 Å². The first-order valence-electron chi connectivity index (χ1n) is 5.43. The Morgan fingerprint density at radius 1 is 1.35 bits per heavy atom. The van der Waals surface area contributed by atoms with Crippen LogP contribution in [0.2, 0.25) is 0 Å². The normalized spacial score (nSPS) is 14.2. The first-order valence-corrected chi connectivity index (χ1v) is 5.43. The maximum atomic E-state index is 11.4. The Kier molecular flexibility index (Phi) is 7.24. The van der Waals surface area contributed by atoms with Gasteiger partial charge in [0.25, 0.3) is 0 Å². The SMILES string of the molecule is CC(CNC(=O)N[C@H](CCO)C(=O)O)N(C)C. The number of carboxylic acids is 1. The molecule has 7 heteroatoms. The summed E-state index contributed by atoms with van der Waals surface area (Å²) in [6.45, 7) is 2.07. The van der Waals surface area contributed by atoms with Gasteiger partial charge >= 0.3 is 12.0 Å². The molecule has 0 radical (unpaired) electrons. The Balaban J connectivity index is 4.02. The number of aliphatic hydroxyl groups is 1. The number of carbonyl (C=O) groups excluding carboxylic acids is 1. The number of aliphatic hydroxyl groups excluding tert-OH is 1. The number of carboxylic acid groups (broad SMARTS) is 1. The van der Waals surface area contributed by atoms with Crippen LogP contribution in [0.3, 0.4) is 0 Å². The Labute approximate surface area is 101 Å². The number of urea groups is 1. The van der Waals surface area contributed by atoms with E-state index in [-0.39, 0.29) is 19.1 Å². The van der Waals surface area contributed by atoms with Crippen molar-refractivity contribution in [3.63, 3.8) is 0 Å². The van der Waals surface area contributed by atoms with Crippen LogP contribution in [0.5, 0.6) is 0 Å². The highest BCUT2D eigenvalue weighted by Gasteiger charge is 2.19. The minimum absolute atomic E-state index is 0.00795. The van der Waals surface area contributed by atoms with E-state index in [2.05, 4.69) is 10.6 Å². The minimum atomic E-state index is -1.16. The highest BCUT2D eigenvalue weighted by molar-refractivity contribution is 5.82. The molecule has 100 valence electrons. The highest BCUT2D eigenvalue weighted by Crippen LogP contribution is 1.92. The third kappa shape index (κ3) is 6.75. The molecule has 0 aromatic heterocycles. The summed E-state index contributed by atoms with van der Waals surface area (Å²) < 4.78 is 0. The van der Waals surface area contributed by atoms with Crippen LogP contribution in [0.4, 0.5) is 4.79 Å². The van der Waals surface area contributed by atoms with Gasteiger partial charge in [0.2, 0.25) is 0 Å². The van der Waals surface area contributed by atoms with Crippen molar-refractivity contribution in [3.05, 3.63) is 0 Å². The molecule has 7 nitrogen and oxygen atoms in total. The van der Waals surface area contributed by atoms with E-state index in [1.165, 1.54) is 0 Å². The topological polar surface area (TPSA) is 102 Å². The largest absolute Gasteiger partial charge is 0.480 e. The van der Waals surface area contributed by atoms with Crippen LogP contribution >= 0.6 is 0 Å². The average molecular weight is 247 g/mol. The van der Waals surface area contributed by atoms with E-state index in [1.807, 2.05) is 25.9 Å². The van der Waals surface area contributed by atoms with Crippen LogP contribution in [0.15, 0.2) is 0 Å². The Hall–Kier alpha value is -1.34. The van der Waals surface area contributed by atoms with Crippen LogP contribution in [0.1, 0.15) is 13.3 Å². The number of aliphatic carboxylic acids is 1. The van der Waals surface area contributed by atoms with Crippen molar-refractivity contribution in [1.82, 2.24) is 15.5 Å². The van der Waals surface area contributed by atoms with Crippen LogP contribution in [0, 0.1) is 0 Å². The van der Waals surface area contributed by atoms with E-state index < -0.39 is 18.0 Å². The number of hydrogen-bond acceptors (Lipinski definition) is 4. The number of nitrogens with zero attached hydrogens (tertiary/aromatic N) is 1. The van der Waals surface area contributed by atoms with Crippen molar-refractivity contribution in [1.29, 1.82) is 0 Å². The molecule has 0 aromatic carbocycles. The molecule has 0 fully saturated rings. The summed E-state index contributed by atoms with van der Waals surface area (Å²) in [7, 11) is 3.77. The highest BCUT2D eigenvalue weighted by atomic mass is 16.4. The van der Waals surface area contributed by atoms with Crippen molar-refractivity contribution in [3.8, 4) is 0 Å². The summed E-state index contributed by atoms with van der Waals surface area (Å²) in [4.78, 5) is 24.0. The van der Waals surface area contributed by atoms with Gasteiger partial charge in [-0.1, -0.05) is 0 Å². The maximum absolute atomic E-state index is 11.4. The third-order valence-corrected chi connectivity index (χ3v) is 2.46. The zero-order valence-electron chi connectivity index (χ0n) is 10.4. The fraction of sp³-hybridized carbons (Fsp3) is 0.800. The van der Waals surface area contributed by atoms with Crippen molar-refractivity contribution in [2.24, 2.45) is 0 Å². The van der Waals surface area contributed by atoms with Crippen LogP contribution in [-0.2, 0) is 4.79 Å². The number of likely N-dealkylation sites (N-methyl/N-ethyl adjacent to an activating group) is 1. The van der Waals surface area contributed by atoms with E-state index in [9.17, 15) is 9.59 Å². The molecule has 0 aliphatic carbocycles. The minimum Gasteiger partial charge on any atom is -0.480 e. The molecule has 0 aromatic rings. The summed E-state index contributed by atoms with van der Waals surface area (Å²) >= 11 is 0. The number of nitrogens with one attached hydrogen (secondary N) is 2. The maximum Gasteiger partial charge on any atom is 0.326 e. The Morgan fingerprint density at radius 3 is 2.35 bits per heavy atom. The van der Waals surface area contributed by atoms with Crippen molar-refractivity contribution in [2.75, 3.05) is 27.2 Å². The number of rotatable bonds is 7. The number of hydrogen-bond donors (Lipinski definition) is 4. The molecular formula is C10H21N3O4. The lowest BCUT2D eigenvalue weighted by atomic mass is 10.2. The summed E-state index contributed by atoms with van der Waals surface area (Å²) in [5.74, 6) is -1.16. The zero-order chi connectivity index (χ0) is 13.4. The van der Waals surface area contributed by atoms with Crippen molar-refractivity contribution in [2.45, 2.75) is 25.4 Å². The van der Waals surface area contributed by atoms with E-state index in [0.717, 1.165) is 0 Å². The standard InChI is InChI=1S/C10H21N3O4/c1-7(13(2)3)6-11-10(17)12-8(4-5-14)9(15)16/h7-8,14H,4-6H2,1-3H3,(H,15,16)(H2,11,12,17)/t7?,8-/m1/s1. The molecule has 0 heterocycles. The second-order valence-corrected chi connectivity index (χ2v) is 4.07. The lowest BCUT2D eigenvalue weighted by Crippen LogP contribution is -2.49. The van der Waals surface area contributed by atoms with Gasteiger partial charge in [0, 0.05) is 25.6 Å². The fourth-order valence-corrected chi connectivity index (χ4v) is 1.02. The molecule has 0 aliphatic heterocycles. The molecule has 2 atom stereocenters. The number of carbonyl (C=O) groups is 2. The molecular weight excluding hydrogens is 226 g/mol. The summed E-state index contributed by atoms with van der Waals surface area (Å²) in [6, 6.07) is -1.45. The van der Waals surface area contributed by atoms with Gasteiger partial charge in [-0.2, -0.15) is 0 Å². The van der Waals surface area contributed by atoms with Gasteiger partial charge in [0.15, 0.2) is 0 Å². The molecule has 4 N–H and O–H groups in total. The van der Waals surface area contributed by atoms with Gasteiger partial charge in [0.05, 0.1) is 0 Å².